The molecule has 0 amide bonds. The molecule has 5 heteroatoms. The Kier molecular flexibility index (Phi) is 6.89. The molecular weight excluding hydrogens is 320 g/mol. The van der Waals surface area contributed by atoms with Gasteiger partial charge in [-0.1, -0.05) is 60.7 Å². The maximum atomic E-state index is 12.8. The van der Waals surface area contributed by atoms with Crippen molar-refractivity contribution in [2.75, 3.05) is 6.61 Å². The first kappa shape index (κ1) is 18.4. The molecule has 0 aliphatic carbocycles. The third-order valence-electron chi connectivity index (χ3n) is 3.49. The highest BCUT2D eigenvalue weighted by Crippen LogP contribution is 2.23. The summed E-state index contributed by atoms with van der Waals surface area (Å²) >= 11 is 0. The molecule has 0 saturated heterocycles. The smallest absolute Gasteiger partial charge is 0.307 e. The number of carbonyl (C=O) groups is 3. The van der Waals surface area contributed by atoms with E-state index in [9.17, 15) is 14.4 Å². The molecule has 130 valence electrons. The maximum absolute atomic E-state index is 12.8. The second kappa shape index (κ2) is 9.37. The van der Waals surface area contributed by atoms with Crippen molar-refractivity contribution in [2.45, 2.75) is 25.9 Å². The number of benzene rings is 2. The van der Waals surface area contributed by atoms with Crippen LogP contribution in [0.5, 0.6) is 0 Å². The fourth-order valence-electron chi connectivity index (χ4n) is 2.28. The molecule has 2 rings (SSSR count). The lowest BCUT2D eigenvalue weighted by Crippen LogP contribution is -2.21. The van der Waals surface area contributed by atoms with Crippen molar-refractivity contribution in [1.82, 2.24) is 0 Å². The first-order valence-electron chi connectivity index (χ1n) is 8.11. The van der Waals surface area contributed by atoms with E-state index in [0.717, 1.165) is 0 Å². The van der Waals surface area contributed by atoms with Crippen molar-refractivity contribution >= 4 is 17.7 Å². The number of ether oxygens (including phenoxy) is 2. The lowest BCUT2D eigenvalue weighted by Gasteiger charge is -2.17. The van der Waals surface area contributed by atoms with Crippen molar-refractivity contribution in [3.05, 3.63) is 71.8 Å². The molecule has 0 radical (unpaired) electrons. The van der Waals surface area contributed by atoms with E-state index in [-0.39, 0.29) is 25.2 Å². The summed E-state index contributed by atoms with van der Waals surface area (Å²) in [4.78, 5) is 36.2. The summed E-state index contributed by atoms with van der Waals surface area (Å²) in [7, 11) is 0. The number of ketones is 1. The van der Waals surface area contributed by atoms with Crippen LogP contribution in [0.25, 0.3) is 0 Å². The monoisotopic (exact) mass is 340 g/mol. The Balaban J connectivity index is 2.12. The zero-order valence-electron chi connectivity index (χ0n) is 14.0. The molecule has 1 atom stereocenters. The standard InChI is InChI=1S/C20H20O5/c1-2-24-17(21)13-14-18(22)25-20(16-11-7-4-8-12-16)19(23)15-9-5-3-6-10-15/h3-12,20H,2,13-14H2,1H3/t20-/m0/s1. The van der Waals surface area contributed by atoms with E-state index >= 15 is 0 Å². The van der Waals surface area contributed by atoms with Gasteiger partial charge in [-0.2, -0.15) is 0 Å². The first-order chi connectivity index (χ1) is 12.1. The van der Waals surface area contributed by atoms with Gasteiger partial charge in [0.25, 0.3) is 0 Å². The van der Waals surface area contributed by atoms with Gasteiger partial charge < -0.3 is 9.47 Å². The second-order valence-electron chi connectivity index (χ2n) is 5.32. The predicted octanol–water partition coefficient (Wildman–Crippen LogP) is 3.50. The van der Waals surface area contributed by atoms with Crippen LogP contribution in [0.3, 0.4) is 0 Å². The molecule has 0 spiro atoms. The van der Waals surface area contributed by atoms with E-state index in [4.69, 9.17) is 9.47 Å². The van der Waals surface area contributed by atoms with E-state index in [2.05, 4.69) is 0 Å². The van der Waals surface area contributed by atoms with Gasteiger partial charge in [-0.05, 0) is 6.92 Å². The Morgan fingerprint density at radius 1 is 0.840 bits per heavy atom. The van der Waals surface area contributed by atoms with Gasteiger partial charge in [0, 0.05) is 11.1 Å². The SMILES string of the molecule is CCOC(=O)CCC(=O)O[C@H](C(=O)c1ccccc1)c1ccccc1. The van der Waals surface area contributed by atoms with Gasteiger partial charge in [0.05, 0.1) is 19.4 Å². The summed E-state index contributed by atoms with van der Waals surface area (Å²) in [6, 6.07) is 17.5. The van der Waals surface area contributed by atoms with Gasteiger partial charge >= 0.3 is 11.9 Å². The minimum absolute atomic E-state index is 0.0757. The molecule has 0 fully saturated rings. The van der Waals surface area contributed by atoms with Crippen LogP contribution in [0, 0.1) is 0 Å². The number of carbonyl (C=O) groups excluding carboxylic acids is 3. The van der Waals surface area contributed by atoms with Crippen molar-refractivity contribution in [2.24, 2.45) is 0 Å². The Labute approximate surface area is 146 Å². The van der Waals surface area contributed by atoms with E-state index in [1.54, 1.807) is 61.5 Å². The average Bonchev–Trinajstić information content (AvgIpc) is 2.65. The molecule has 0 aliphatic heterocycles. The van der Waals surface area contributed by atoms with Gasteiger partial charge in [-0.15, -0.1) is 0 Å². The van der Waals surface area contributed by atoms with E-state index in [1.807, 2.05) is 6.07 Å². The zero-order chi connectivity index (χ0) is 18.1. The first-order valence-corrected chi connectivity index (χ1v) is 8.11. The van der Waals surface area contributed by atoms with Crippen molar-refractivity contribution in [1.29, 1.82) is 0 Å². The van der Waals surface area contributed by atoms with Crippen molar-refractivity contribution < 1.29 is 23.9 Å². The molecule has 0 bridgehead atoms. The van der Waals surface area contributed by atoms with Gasteiger partial charge in [0.1, 0.15) is 0 Å². The second-order valence-corrected chi connectivity index (χ2v) is 5.32. The van der Waals surface area contributed by atoms with Crippen LogP contribution in [0.4, 0.5) is 0 Å². The number of Topliss-reactive ketones (excluding diaryl/α,β-unsaturated/α-hetero) is 1. The molecule has 0 aromatic heterocycles. The molecule has 0 saturated carbocycles. The zero-order valence-corrected chi connectivity index (χ0v) is 14.0. The van der Waals surface area contributed by atoms with Crippen molar-refractivity contribution in [3.63, 3.8) is 0 Å². The van der Waals surface area contributed by atoms with Crippen molar-refractivity contribution in [3.8, 4) is 0 Å². The Morgan fingerprint density at radius 2 is 1.40 bits per heavy atom. The van der Waals surface area contributed by atoms with Crippen LogP contribution >= 0.6 is 0 Å². The minimum atomic E-state index is -1.04. The maximum Gasteiger partial charge on any atom is 0.307 e. The molecule has 0 unspecified atom stereocenters. The van der Waals surface area contributed by atoms with Crippen LogP contribution in [0.2, 0.25) is 0 Å². The molecule has 25 heavy (non-hydrogen) atoms. The third kappa shape index (κ3) is 5.57. The largest absolute Gasteiger partial charge is 0.466 e. The number of esters is 2. The summed E-state index contributed by atoms with van der Waals surface area (Å²) < 4.78 is 10.2. The molecule has 0 aliphatic rings. The Hall–Kier alpha value is -2.95. The van der Waals surface area contributed by atoms with Gasteiger partial charge in [0.15, 0.2) is 6.10 Å². The summed E-state index contributed by atoms with van der Waals surface area (Å²) in [5, 5.41) is 0. The van der Waals surface area contributed by atoms with E-state index in [0.29, 0.717) is 11.1 Å². The predicted molar refractivity (Wildman–Crippen MR) is 91.9 cm³/mol. The minimum Gasteiger partial charge on any atom is -0.466 e. The lowest BCUT2D eigenvalue weighted by atomic mass is 10.00. The van der Waals surface area contributed by atoms with Gasteiger partial charge in [-0.3, -0.25) is 14.4 Å². The highest BCUT2D eigenvalue weighted by Gasteiger charge is 2.26. The highest BCUT2D eigenvalue weighted by molar-refractivity contribution is 6.01. The fraction of sp³-hybridized carbons (Fsp3) is 0.250. The Morgan fingerprint density at radius 3 is 2.00 bits per heavy atom. The normalized spacial score (nSPS) is 11.4. The van der Waals surface area contributed by atoms with Crippen LogP contribution in [-0.4, -0.2) is 24.3 Å². The number of rotatable bonds is 8. The molecule has 2 aromatic rings. The molecule has 0 heterocycles. The molecule has 5 nitrogen and oxygen atoms in total. The average molecular weight is 340 g/mol. The van der Waals surface area contributed by atoms with Crippen LogP contribution in [-0.2, 0) is 19.1 Å². The summed E-state index contributed by atoms with van der Waals surface area (Å²) in [6.45, 7) is 1.95. The van der Waals surface area contributed by atoms with Crippen LogP contribution in [0.1, 0.15) is 41.8 Å². The molecule has 0 N–H and O–H groups in total. The molecule has 2 aromatic carbocycles. The quantitative estimate of drug-likeness (QED) is 0.543. The van der Waals surface area contributed by atoms with Gasteiger partial charge in [-0.25, -0.2) is 0 Å². The highest BCUT2D eigenvalue weighted by atomic mass is 16.5. The summed E-state index contributed by atoms with van der Waals surface area (Å²) in [5.74, 6) is -1.40. The Bertz CT molecular complexity index is 709. The van der Waals surface area contributed by atoms with Gasteiger partial charge in [0.2, 0.25) is 5.78 Å². The van der Waals surface area contributed by atoms with Crippen LogP contribution < -0.4 is 0 Å². The van der Waals surface area contributed by atoms with E-state index < -0.39 is 18.0 Å². The fourth-order valence-corrected chi connectivity index (χ4v) is 2.28. The lowest BCUT2D eigenvalue weighted by molar-refractivity contribution is -0.152. The summed E-state index contributed by atoms with van der Waals surface area (Å²) in [6.07, 6.45) is -1.25. The molecular formula is C20H20O5. The number of hydrogen-bond acceptors (Lipinski definition) is 5. The summed E-state index contributed by atoms with van der Waals surface area (Å²) in [5.41, 5.74) is 1.04. The van der Waals surface area contributed by atoms with Crippen LogP contribution in [0.15, 0.2) is 60.7 Å². The topological polar surface area (TPSA) is 69.7 Å². The third-order valence-corrected chi connectivity index (χ3v) is 3.49. The van der Waals surface area contributed by atoms with E-state index in [1.165, 1.54) is 0 Å². The number of hydrogen-bond donors (Lipinski definition) is 0.